The minimum Gasteiger partial charge on any atom is -0.481 e. The van der Waals surface area contributed by atoms with E-state index < -0.39 is 6.10 Å². The topological polar surface area (TPSA) is 75.0 Å². The van der Waals surface area contributed by atoms with Crippen molar-refractivity contribution in [2.45, 2.75) is 13.0 Å². The van der Waals surface area contributed by atoms with Gasteiger partial charge in [-0.2, -0.15) is 5.26 Å². The van der Waals surface area contributed by atoms with Gasteiger partial charge in [0.05, 0.1) is 21.8 Å². The molecule has 7 heteroatoms. The molecule has 120 valence electrons. The number of amides is 1. The number of carbonyl (C=O) groups is 1. The van der Waals surface area contributed by atoms with Crippen LogP contribution in [0.3, 0.4) is 0 Å². The Morgan fingerprint density at radius 3 is 3.00 bits per heavy atom. The van der Waals surface area contributed by atoms with Crippen molar-refractivity contribution in [3.63, 3.8) is 0 Å². The van der Waals surface area contributed by atoms with Crippen molar-refractivity contribution in [2.24, 2.45) is 0 Å². The number of hydrogen-bond acceptors (Lipinski definition) is 5. The monoisotopic (exact) mass is 357 g/mol. The highest BCUT2D eigenvalue weighted by Gasteiger charge is 2.17. The first-order valence-electron chi connectivity index (χ1n) is 7.09. The highest BCUT2D eigenvalue weighted by molar-refractivity contribution is 7.22. The zero-order chi connectivity index (χ0) is 17.1. The van der Waals surface area contributed by atoms with E-state index in [0.29, 0.717) is 21.5 Å². The third kappa shape index (κ3) is 3.65. The highest BCUT2D eigenvalue weighted by atomic mass is 35.5. The Morgan fingerprint density at radius 1 is 1.38 bits per heavy atom. The fraction of sp³-hybridized carbons (Fsp3) is 0.118. The molecule has 0 aliphatic heterocycles. The predicted molar refractivity (Wildman–Crippen MR) is 94.5 cm³/mol. The number of rotatable bonds is 4. The van der Waals surface area contributed by atoms with E-state index >= 15 is 0 Å². The van der Waals surface area contributed by atoms with Gasteiger partial charge in [-0.05, 0) is 43.3 Å². The zero-order valence-electron chi connectivity index (χ0n) is 12.6. The first-order valence-corrected chi connectivity index (χ1v) is 8.28. The Bertz CT molecular complexity index is 948. The van der Waals surface area contributed by atoms with Gasteiger partial charge in [-0.25, -0.2) is 4.98 Å². The number of fused-ring (bicyclic) bond motifs is 1. The van der Waals surface area contributed by atoms with Gasteiger partial charge in [-0.15, -0.1) is 0 Å². The first kappa shape index (κ1) is 16.2. The van der Waals surface area contributed by atoms with Crippen LogP contribution in [0, 0.1) is 11.3 Å². The molecule has 1 unspecified atom stereocenters. The predicted octanol–water partition coefficient (Wildman–Crippen LogP) is 4.23. The van der Waals surface area contributed by atoms with Crippen LogP contribution in [0.15, 0.2) is 42.5 Å². The normalized spacial score (nSPS) is 11.7. The average Bonchev–Trinajstić information content (AvgIpc) is 2.96. The van der Waals surface area contributed by atoms with Gasteiger partial charge in [-0.1, -0.05) is 29.0 Å². The molecular weight excluding hydrogens is 346 g/mol. The second kappa shape index (κ2) is 6.87. The number of thiazole rings is 1. The molecule has 0 saturated heterocycles. The summed E-state index contributed by atoms with van der Waals surface area (Å²) in [7, 11) is 0. The lowest BCUT2D eigenvalue weighted by molar-refractivity contribution is -0.122. The molecule has 1 aromatic heterocycles. The lowest BCUT2D eigenvalue weighted by atomic mass is 10.2. The Hall–Kier alpha value is -2.62. The number of anilines is 1. The van der Waals surface area contributed by atoms with E-state index in [1.807, 2.05) is 12.1 Å². The van der Waals surface area contributed by atoms with Gasteiger partial charge >= 0.3 is 0 Å². The quantitative estimate of drug-likeness (QED) is 0.758. The molecule has 0 aliphatic rings. The van der Waals surface area contributed by atoms with Crippen LogP contribution in [0.4, 0.5) is 5.13 Å². The van der Waals surface area contributed by atoms with E-state index in [9.17, 15) is 4.79 Å². The maximum Gasteiger partial charge on any atom is 0.266 e. The van der Waals surface area contributed by atoms with Crippen molar-refractivity contribution in [1.29, 1.82) is 5.26 Å². The first-order chi connectivity index (χ1) is 11.5. The van der Waals surface area contributed by atoms with Gasteiger partial charge in [0.25, 0.3) is 5.91 Å². The molecule has 0 spiro atoms. The van der Waals surface area contributed by atoms with Gasteiger partial charge < -0.3 is 4.74 Å². The Kier molecular flexibility index (Phi) is 4.65. The third-order valence-corrected chi connectivity index (χ3v) is 4.41. The van der Waals surface area contributed by atoms with Crippen LogP contribution < -0.4 is 10.1 Å². The summed E-state index contributed by atoms with van der Waals surface area (Å²) < 4.78 is 6.51. The van der Waals surface area contributed by atoms with Crippen LogP contribution in [-0.2, 0) is 4.79 Å². The number of aromatic nitrogens is 1. The Labute approximate surface area is 147 Å². The van der Waals surface area contributed by atoms with Crippen LogP contribution in [0.1, 0.15) is 12.5 Å². The molecule has 3 rings (SSSR count). The van der Waals surface area contributed by atoms with E-state index in [1.165, 1.54) is 11.3 Å². The van der Waals surface area contributed by atoms with Crippen LogP contribution in [0.25, 0.3) is 10.2 Å². The molecule has 3 aromatic rings. The molecule has 1 atom stereocenters. The molecule has 1 amide bonds. The number of halogens is 1. The zero-order valence-corrected chi connectivity index (χ0v) is 14.2. The van der Waals surface area contributed by atoms with E-state index in [-0.39, 0.29) is 5.91 Å². The number of nitrogens with zero attached hydrogens (tertiary/aromatic N) is 2. The molecule has 24 heavy (non-hydrogen) atoms. The van der Waals surface area contributed by atoms with Gasteiger partial charge in [-0.3, -0.25) is 10.1 Å². The Balaban J connectivity index is 1.69. The summed E-state index contributed by atoms with van der Waals surface area (Å²) in [5.41, 5.74) is 1.21. The number of carbonyl (C=O) groups excluding carboxylic acids is 1. The van der Waals surface area contributed by atoms with Gasteiger partial charge in [0.1, 0.15) is 5.75 Å². The van der Waals surface area contributed by atoms with Crippen LogP contribution in [-0.4, -0.2) is 17.0 Å². The smallest absolute Gasteiger partial charge is 0.266 e. The summed E-state index contributed by atoms with van der Waals surface area (Å²) in [6, 6.07) is 14.1. The molecule has 0 aliphatic carbocycles. The number of hydrogen-bond donors (Lipinski definition) is 1. The maximum atomic E-state index is 12.3. The summed E-state index contributed by atoms with van der Waals surface area (Å²) in [4.78, 5) is 16.6. The molecule has 2 aromatic carbocycles. The average molecular weight is 358 g/mol. The molecular formula is C17H12ClN3O2S. The molecule has 0 bridgehead atoms. The van der Waals surface area contributed by atoms with Crippen molar-refractivity contribution in [3.8, 4) is 11.8 Å². The van der Waals surface area contributed by atoms with E-state index in [0.717, 1.165) is 10.2 Å². The van der Waals surface area contributed by atoms with E-state index in [4.69, 9.17) is 21.6 Å². The molecule has 5 nitrogen and oxygen atoms in total. The lowest BCUT2D eigenvalue weighted by Crippen LogP contribution is -2.30. The summed E-state index contributed by atoms with van der Waals surface area (Å²) in [5.74, 6) is 0.148. The molecule has 0 saturated carbocycles. The molecule has 0 radical (unpaired) electrons. The standard InChI is InChI=1S/C17H12ClN3O2S/c1-10(23-13-4-2-3-11(7-13)9-19)16(22)21-17-20-14-8-12(18)5-6-15(14)24-17/h2-8,10H,1H3,(H,20,21,22). The lowest BCUT2D eigenvalue weighted by Gasteiger charge is -2.13. The highest BCUT2D eigenvalue weighted by Crippen LogP contribution is 2.28. The fourth-order valence-corrected chi connectivity index (χ4v) is 3.07. The molecule has 1 heterocycles. The van der Waals surface area contributed by atoms with Crippen molar-refractivity contribution >= 4 is 44.2 Å². The van der Waals surface area contributed by atoms with Crippen molar-refractivity contribution < 1.29 is 9.53 Å². The summed E-state index contributed by atoms with van der Waals surface area (Å²) >= 11 is 7.30. The fourth-order valence-electron chi connectivity index (χ4n) is 2.06. The van der Waals surface area contributed by atoms with Crippen molar-refractivity contribution in [1.82, 2.24) is 4.98 Å². The number of nitriles is 1. The van der Waals surface area contributed by atoms with Gasteiger partial charge in [0, 0.05) is 5.02 Å². The van der Waals surface area contributed by atoms with Gasteiger partial charge in [0.15, 0.2) is 11.2 Å². The maximum absolute atomic E-state index is 12.3. The molecule has 0 fully saturated rings. The number of nitrogens with one attached hydrogen (secondary N) is 1. The SMILES string of the molecule is CC(Oc1cccc(C#N)c1)C(=O)Nc1nc2cc(Cl)ccc2s1. The van der Waals surface area contributed by atoms with Crippen LogP contribution in [0.2, 0.25) is 5.02 Å². The van der Waals surface area contributed by atoms with Gasteiger partial charge in [0.2, 0.25) is 0 Å². The minimum atomic E-state index is -0.727. The van der Waals surface area contributed by atoms with E-state index in [1.54, 1.807) is 43.3 Å². The number of benzene rings is 2. The van der Waals surface area contributed by atoms with Crippen LogP contribution in [0.5, 0.6) is 5.75 Å². The molecule has 1 N–H and O–H groups in total. The third-order valence-electron chi connectivity index (χ3n) is 3.22. The van der Waals surface area contributed by atoms with E-state index in [2.05, 4.69) is 10.3 Å². The van der Waals surface area contributed by atoms with Crippen molar-refractivity contribution in [2.75, 3.05) is 5.32 Å². The minimum absolute atomic E-state index is 0.317. The van der Waals surface area contributed by atoms with Crippen LogP contribution >= 0.6 is 22.9 Å². The summed E-state index contributed by atoms with van der Waals surface area (Å²) in [6.45, 7) is 1.64. The number of ether oxygens (including phenoxy) is 1. The summed E-state index contributed by atoms with van der Waals surface area (Å²) in [6.07, 6.45) is -0.727. The van der Waals surface area contributed by atoms with Crippen molar-refractivity contribution in [3.05, 3.63) is 53.1 Å². The summed E-state index contributed by atoms with van der Waals surface area (Å²) in [5, 5.41) is 12.7. The largest absolute Gasteiger partial charge is 0.481 e. The Morgan fingerprint density at radius 2 is 2.21 bits per heavy atom. The second-order valence-electron chi connectivity index (χ2n) is 5.02. The second-order valence-corrected chi connectivity index (χ2v) is 6.49.